The Morgan fingerprint density at radius 3 is 2.61 bits per heavy atom. The molecule has 0 bridgehead atoms. The quantitative estimate of drug-likeness (QED) is 0.358. The summed E-state index contributed by atoms with van der Waals surface area (Å²) in [6.07, 6.45) is 3.59. The zero-order valence-electron chi connectivity index (χ0n) is 11.4. The van der Waals surface area contributed by atoms with E-state index in [1.165, 1.54) is 5.56 Å². The molecule has 100 valence electrons. The van der Waals surface area contributed by atoms with Crippen molar-refractivity contribution in [3.05, 3.63) is 30.1 Å². The van der Waals surface area contributed by atoms with Gasteiger partial charge in [-0.3, -0.25) is 15.4 Å². The normalized spacial score (nSPS) is 11.7. The number of hydrogen-bond acceptors (Lipinski definition) is 3. The second kappa shape index (κ2) is 7.66. The summed E-state index contributed by atoms with van der Waals surface area (Å²) in [6.45, 7) is 8.76. The summed E-state index contributed by atoms with van der Waals surface area (Å²) in [6, 6.07) is 4.00. The minimum absolute atomic E-state index is 0.521. The van der Waals surface area contributed by atoms with Crippen LogP contribution in [0.3, 0.4) is 0 Å². The summed E-state index contributed by atoms with van der Waals surface area (Å²) in [7, 11) is 0. The van der Waals surface area contributed by atoms with E-state index in [0.717, 1.165) is 25.6 Å². The van der Waals surface area contributed by atoms with Crippen LogP contribution in [0.4, 0.5) is 0 Å². The van der Waals surface area contributed by atoms with Gasteiger partial charge >= 0.3 is 0 Å². The number of nitrogens with one attached hydrogen (secondary N) is 1. The largest absolute Gasteiger partial charge is 0.338 e. The van der Waals surface area contributed by atoms with Gasteiger partial charge in [-0.15, -0.1) is 0 Å². The number of hydrogen-bond donors (Lipinski definition) is 2. The molecule has 5 nitrogen and oxygen atoms in total. The van der Waals surface area contributed by atoms with Gasteiger partial charge < -0.3 is 4.90 Å². The zero-order chi connectivity index (χ0) is 13.4. The second-order valence-electron chi connectivity index (χ2n) is 4.57. The van der Waals surface area contributed by atoms with Crippen molar-refractivity contribution in [1.82, 2.24) is 15.3 Å². The van der Waals surface area contributed by atoms with Crippen molar-refractivity contribution in [2.24, 2.45) is 16.8 Å². The lowest BCUT2D eigenvalue weighted by Gasteiger charge is -2.24. The van der Waals surface area contributed by atoms with Gasteiger partial charge in [-0.1, -0.05) is 13.8 Å². The summed E-state index contributed by atoms with van der Waals surface area (Å²) in [5, 5.41) is 0. The van der Waals surface area contributed by atoms with E-state index >= 15 is 0 Å². The van der Waals surface area contributed by atoms with Crippen molar-refractivity contribution >= 4 is 5.96 Å². The van der Waals surface area contributed by atoms with Gasteiger partial charge in [0.05, 0.1) is 0 Å². The van der Waals surface area contributed by atoms with Gasteiger partial charge in [0.1, 0.15) is 0 Å². The molecule has 0 aromatic carbocycles. The van der Waals surface area contributed by atoms with Crippen molar-refractivity contribution in [2.75, 3.05) is 13.1 Å². The van der Waals surface area contributed by atoms with Crippen LogP contribution in [0.1, 0.15) is 26.3 Å². The molecule has 1 rings (SSSR count). The van der Waals surface area contributed by atoms with Gasteiger partial charge in [-0.05, 0) is 30.5 Å². The van der Waals surface area contributed by atoms with Crippen LogP contribution in [0.25, 0.3) is 0 Å². The zero-order valence-corrected chi connectivity index (χ0v) is 11.4. The Bertz CT molecular complexity index is 361. The molecule has 0 unspecified atom stereocenters. The number of nitrogens with two attached hydrogens (primary N) is 1. The first-order valence-electron chi connectivity index (χ1n) is 6.32. The van der Waals surface area contributed by atoms with Crippen LogP contribution in [0.15, 0.2) is 29.5 Å². The minimum Gasteiger partial charge on any atom is -0.338 e. The highest BCUT2D eigenvalue weighted by molar-refractivity contribution is 5.79. The number of hydrazine groups is 1. The van der Waals surface area contributed by atoms with Crippen LogP contribution >= 0.6 is 0 Å². The number of aliphatic imine (C=N–C) groups is 1. The van der Waals surface area contributed by atoms with Crippen molar-refractivity contribution in [3.63, 3.8) is 0 Å². The lowest BCUT2D eigenvalue weighted by molar-refractivity contribution is 0.415. The third-order valence-electron chi connectivity index (χ3n) is 2.54. The molecule has 1 aromatic heterocycles. The standard InChI is InChI=1S/C13H23N5/c1-4-18(10-12-5-7-15-8-6-12)13(17-14)16-9-11(2)3/h5-8,11H,4,9-10,14H2,1-3H3,(H,16,17). The van der Waals surface area contributed by atoms with E-state index in [9.17, 15) is 0 Å². The maximum Gasteiger partial charge on any atom is 0.208 e. The number of nitrogens with zero attached hydrogens (tertiary/aromatic N) is 3. The Balaban J connectivity index is 2.71. The SMILES string of the molecule is CCN(Cc1ccncc1)C(=NCC(C)C)NN. The molecule has 0 amide bonds. The highest BCUT2D eigenvalue weighted by atomic mass is 15.4. The monoisotopic (exact) mass is 249 g/mol. The van der Waals surface area contributed by atoms with Crippen molar-refractivity contribution in [3.8, 4) is 0 Å². The summed E-state index contributed by atoms with van der Waals surface area (Å²) in [4.78, 5) is 10.6. The van der Waals surface area contributed by atoms with Gasteiger partial charge in [0.15, 0.2) is 0 Å². The van der Waals surface area contributed by atoms with E-state index in [1.54, 1.807) is 12.4 Å². The molecule has 18 heavy (non-hydrogen) atoms. The topological polar surface area (TPSA) is 66.5 Å². The molecule has 0 saturated heterocycles. The van der Waals surface area contributed by atoms with Gasteiger partial charge in [-0.25, -0.2) is 5.84 Å². The maximum atomic E-state index is 5.55. The molecule has 0 aliphatic heterocycles. The summed E-state index contributed by atoms with van der Waals surface area (Å²) in [5.74, 6) is 6.81. The molecule has 0 atom stereocenters. The molecular weight excluding hydrogens is 226 g/mol. The predicted octanol–water partition coefficient (Wildman–Crippen LogP) is 1.38. The van der Waals surface area contributed by atoms with E-state index in [0.29, 0.717) is 5.92 Å². The first kappa shape index (κ1) is 14.4. The van der Waals surface area contributed by atoms with Crippen LogP contribution < -0.4 is 11.3 Å². The van der Waals surface area contributed by atoms with E-state index in [2.05, 4.69) is 41.1 Å². The van der Waals surface area contributed by atoms with Crippen molar-refractivity contribution in [2.45, 2.75) is 27.3 Å². The average molecular weight is 249 g/mol. The average Bonchev–Trinajstić information content (AvgIpc) is 2.38. The number of pyridine rings is 1. The third-order valence-corrected chi connectivity index (χ3v) is 2.54. The highest BCUT2D eigenvalue weighted by Crippen LogP contribution is 2.04. The molecule has 5 heteroatoms. The minimum atomic E-state index is 0.521. The van der Waals surface area contributed by atoms with Crippen LogP contribution in [0.2, 0.25) is 0 Å². The Morgan fingerprint density at radius 2 is 2.11 bits per heavy atom. The van der Waals surface area contributed by atoms with Gasteiger partial charge in [0.25, 0.3) is 0 Å². The van der Waals surface area contributed by atoms with Crippen LogP contribution in [0, 0.1) is 5.92 Å². The van der Waals surface area contributed by atoms with E-state index in [4.69, 9.17) is 5.84 Å². The summed E-state index contributed by atoms with van der Waals surface area (Å²) < 4.78 is 0. The molecule has 0 aliphatic carbocycles. The second-order valence-corrected chi connectivity index (χ2v) is 4.57. The number of guanidine groups is 1. The van der Waals surface area contributed by atoms with Crippen LogP contribution in [0.5, 0.6) is 0 Å². The summed E-state index contributed by atoms with van der Waals surface area (Å²) in [5.41, 5.74) is 3.88. The summed E-state index contributed by atoms with van der Waals surface area (Å²) >= 11 is 0. The Morgan fingerprint density at radius 1 is 1.44 bits per heavy atom. The molecule has 1 aromatic rings. The highest BCUT2D eigenvalue weighted by Gasteiger charge is 2.08. The number of rotatable bonds is 5. The van der Waals surface area contributed by atoms with E-state index < -0.39 is 0 Å². The lowest BCUT2D eigenvalue weighted by atomic mass is 10.2. The van der Waals surface area contributed by atoms with Crippen molar-refractivity contribution < 1.29 is 0 Å². The molecule has 1 heterocycles. The van der Waals surface area contributed by atoms with E-state index in [1.807, 2.05) is 12.1 Å². The smallest absolute Gasteiger partial charge is 0.208 e. The third kappa shape index (κ3) is 4.71. The van der Waals surface area contributed by atoms with Crippen LogP contribution in [-0.2, 0) is 6.54 Å². The van der Waals surface area contributed by atoms with Crippen LogP contribution in [-0.4, -0.2) is 28.9 Å². The Kier molecular flexibility index (Phi) is 6.14. The van der Waals surface area contributed by atoms with Gasteiger partial charge in [0, 0.05) is 32.0 Å². The Hall–Kier alpha value is -1.62. The molecular formula is C13H23N5. The maximum absolute atomic E-state index is 5.55. The van der Waals surface area contributed by atoms with Crippen molar-refractivity contribution in [1.29, 1.82) is 0 Å². The molecule has 0 aliphatic rings. The predicted molar refractivity (Wildman–Crippen MR) is 74.8 cm³/mol. The van der Waals surface area contributed by atoms with Gasteiger partial charge in [0.2, 0.25) is 5.96 Å². The fraction of sp³-hybridized carbons (Fsp3) is 0.538. The first-order valence-corrected chi connectivity index (χ1v) is 6.32. The molecule has 3 N–H and O–H groups in total. The fourth-order valence-corrected chi connectivity index (χ4v) is 1.55. The lowest BCUT2D eigenvalue weighted by Crippen LogP contribution is -2.44. The fourth-order valence-electron chi connectivity index (χ4n) is 1.55. The molecule has 0 saturated carbocycles. The Labute approximate surface area is 109 Å². The molecule has 0 radical (unpaired) electrons. The van der Waals surface area contributed by atoms with Gasteiger partial charge in [-0.2, -0.15) is 0 Å². The molecule has 0 fully saturated rings. The molecule has 0 spiro atoms. The van der Waals surface area contributed by atoms with E-state index in [-0.39, 0.29) is 0 Å². The number of aromatic nitrogens is 1. The first-order chi connectivity index (χ1) is 8.67.